The van der Waals surface area contributed by atoms with Crippen molar-refractivity contribution in [2.45, 2.75) is 17.7 Å². The van der Waals surface area contributed by atoms with Crippen LogP contribution in [0.2, 0.25) is 5.02 Å². The van der Waals surface area contributed by atoms with Gasteiger partial charge in [-0.25, -0.2) is 8.42 Å². The predicted octanol–water partition coefficient (Wildman–Crippen LogP) is 4.61. The second-order valence-electron chi connectivity index (χ2n) is 7.89. The fourth-order valence-corrected chi connectivity index (χ4v) is 5.55. The summed E-state index contributed by atoms with van der Waals surface area (Å²) in [7, 11) is -3.74. The first-order chi connectivity index (χ1) is 15.9. The molecule has 4 rings (SSSR count). The zero-order chi connectivity index (χ0) is 23.4. The van der Waals surface area contributed by atoms with Crippen LogP contribution in [0.4, 0.5) is 5.69 Å². The molecule has 1 saturated heterocycles. The Labute approximate surface area is 198 Å². The maximum atomic E-state index is 13.1. The summed E-state index contributed by atoms with van der Waals surface area (Å²) >= 11 is 5.88. The highest BCUT2D eigenvalue weighted by Gasteiger charge is 2.33. The third kappa shape index (κ3) is 5.16. The van der Waals surface area contributed by atoms with Gasteiger partial charge in [0.05, 0.1) is 16.5 Å². The first kappa shape index (κ1) is 23.2. The highest BCUT2D eigenvalue weighted by Crippen LogP contribution is 2.27. The molecular formula is C25H23ClN2O4S. The normalized spacial score (nSPS) is 16.8. The first-order valence-corrected chi connectivity index (χ1v) is 12.4. The molecule has 6 nitrogen and oxygen atoms in total. The number of carbonyl (C=O) groups excluding carboxylic acids is 2. The van der Waals surface area contributed by atoms with Gasteiger partial charge in [0.1, 0.15) is 0 Å². The van der Waals surface area contributed by atoms with E-state index in [1.165, 1.54) is 28.6 Å². The van der Waals surface area contributed by atoms with E-state index >= 15 is 0 Å². The van der Waals surface area contributed by atoms with Crippen molar-refractivity contribution in [2.75, 3.05) is 18.4 Å². The number of sulfonamides is 1. The van der Waals surface area contributed by atoms with Crippen LogP contribution in [0.5, 0.6) is 0 Å². The van der Waals surface area contributed by atoms with Gasteiger partial charge in [0.15, 0.2) is 5.78 Å². The maximum Gasteiger partial charge on any atom is 0.243 e. The third-order valence-electron chi connectivity index (χ3n) is 5.67. The number of carbonyl (C=O) groups is 2. The molecular weight excluding hydrogens is 460 g/mol. The lowest BCUT2D eigenvalue weighted by atomic mass is 9.97. The molecule has 0 spiro atoms. The molecule has 1 aliphatic heterocycles. The maximum absolute atomic E-state index is 13.1. The molecule has 0 saturated carbocycles. The molecule has 1 aliphatic rings. The number of para-hydroxylation sites is 1. The lowest BCUT2D eigenvalue weighted by molar-refractivity contribution is -0.120. The second-order valence-corrected chi connectivity index (χ2v) is 10.3. The van der Waals surface area contributed by atoms with Crippen LogP contribution in [0.3, 0.4) is 0 Å². The standard InChI is InChI=1S/C25H23ClN2O4S/c26-20-12-14-21(15-13-20)33(31,32)28-16-6-9-19(17-28)25(30)27-23-11-5-4-10-22(23)24(29)18-7-2-1-3-8-18/h1-5,7-8,10-15,19H,6,9,16-17H2,(H,27,30)/t19-/m0/s1. The van der Waals surface area contributed by atoms with Gasteiger partial charge in [-0.15, -0.1) is 0 Å². The Hall–Kier alpha value is -3.00. The minimum absolute atomic E-state index is 0.0750. The van der Waals surface area contributed by atoms with Crippen molar-refractivity contribution < 1.29 is 18.0 Å². The van der Waals surface area contributed by atoms with Crippen LogP contribution >= 0.6 is 11.6 Å². The summed E-state index contributed by atoms with van der Waals surface area (Å²) in [5.74, 6) is -1.03. The Balaban J connectivity index is 1.50. The van der Waals surface area contributed by atoms with Crippen molar-refractivity contribution in [3.05, 3.63) is 95.0 Å². The molecule has 1 amide bonds. The summed E-state index contributed by atoms with van der Waals surface area (Å²) in [6.07, 6.45) is 1.13. The van der Waals surface area contributed by atoms with Crippen LogP contribution in [0, 0.1) is 5.92 Å². The zero-order valence-corrected chi connectivity index (χ0v) is 19.4. The number of rotatable bonds is 6. The molecule has 0 bridgehead atoms. The first-order valence-electron chi connectivity index (χ1n) is 10.6. The van der Waals surface area contributed by atoms with Gasteiger partial charge in [0.2, 0.25) is 15.9 Å². The van der Waals surface area contributed by atoms with E-state index in [4.69, 9.17) is 11.6 Å². The molecule has 1 atom stereocenters. The van der Waals surface area contributed by atoms with Gasteiger partial charge in [0.25, 0.3) is 0 Å². The van der Waals surface area contributed by atoms with Crippen molar-refractivity contribution >= 4 is 39.0 Å². The average molecular weight is 483 g/mol. The number of anilines is 1. The van der Waals surface area contributed by atoms with Gasteiger partial charge in [0, 0.05) is 29.2 Å². The molecule has 0 aromatic heterocycles. The van der Waals surface area contributed by atoms with Gasteiger partial charge >= 0.3 is 0 Å². The molecule has 3 aromatic rings. The lowest BCUT2D eigenvalue weighted by Gasteiger charge is -2.31. The van der Waals surface area contributed by atoms with E-state index in [2.05, 4.69) is 5.32 Å². The number of benzene rings is 3. The molecule has 1 fully saturated rings. The minimum atomic E-state index is -3.74. The summed E-state index contributed by atoms with van der Waals surface area (Å²) in [4.78, 5) is 26.2. The molecule has 1 heterocycles. The van der Waals surface area contributed by atoms with Gasteiger partial charge in [-0.05, 0) is 49.2 Å². The zero-order valence-electron chi connectivity index (χ0n) is 17.8. The van der Waals surface area contributed by atoms with Crippen molar-refractivity contribution in [2.24, 2.45) is 5.92 Å². The number of halogens is 1. The van der Waals surface area contributed by atoms with E-state index in [9.17, 15) is 18.0 Å². The minimum Gasteiger partial charge on any atom is -0.325 e. The van der Waals surface area contributed by atoms with E-state index in [1.807, 2.05) is 6.07 Å². The molecule has 3 aromatic carbocycles. The number of amides is 1. The quantitative estimate of drug-likeness (QED) is 0.520. The van der Waals surface area contributed by atoms with E-state index in [1.54, 1.807) is 48.5 Å². The van der Waals surface area contributed by atoms with Crippen LogP contribution in [0.15, 0.2) is 83.8 Å². The SMILES string of the molecule is O=C(c1ccccc1)c1ccccc1NC(=O)[C@H]1CCCN(S(=O)(=O)c2ccc(Cl)cc2)C1. The van der Waals surface area contributed by atoms with Gasteiger partial charge < -0.3 is 5.32 Å². The monoisotopic (exact) mass is 482 g/mol. The summed E-state index contributed by atoms with van der Waals surface area (Å²) in [5.41, 5.74) is 1.32. The second kappa shape index (κ2) is 9.87. The number of ketones is 1. The molecule has 33 heavy (non-hydrogen) atoms. The van der Waals surface area contributed by atoms with Crippen molar-refractivity contribution in [1.82, 2.24) is 4.31 Å². The molecule has 1 N–H and O–H groups in total. The number of nitrogens with one attached hydrogen (secondary N) is 1. The summed E-state index contributed by atoms with van der Waals surface area (Å²) in [5, 5.41) is 3.30. The highest BCUT2D eigenvalue weighted by molar-refractivity contribution is 7.89. The number of hydrogen-bond acceptors (Lipinski definition) is 4. The molecule has 0 unspecified atom stereocenters. The van der Waals surface area contributed by atoms with Crippen molar-refractivity contribution in [1.29, 1.82) is 0 Å². The molecule has 0 radical (unpaired) electrons. The summed E-state index contributed by atoms with van der Waals surface area (Å²) < 4.78 is 27.4. The van der Waals surface area contributed by atoms with E-state index in [-0.39, 0.29) is 23.1 Å². The smallest absolute Gasteiger partial charge is 0.243 e. The Morgan fingerprint density at radius 1 is 0.909 bits per heavy atom. The Morgan fingerprint density at radius 2 is 1.58 bits per heavy atom. The van der Waals surface area contributed by atoms with E-state index < -0.39 is 15.9 Å². The van der Waals surface area contributed by atoms with Crippen LogP contribution < -0.4 is 5.32 Å². The Bertz CT molecular complexity index is 1260. The summed E-state index contributed by atoms with van der Waals surface area (Å²) in [6.45, 7) is 0.420. The topological polar surface area (TPSA) is 83.6 Å². The Morgan fingerprint density at radius 3 is 2.30 bits per heavy atom. The van der Waals surface area contributed by atoms with Gasteiger partial charge in [-0.2, -0.15) is 4.31 Å². The van der Waals surface area contributed by atoms with Gasteiger partial charge in [-0.1, -0.05) is 54.1 Å². The van der Waals surface area contributed by atoms with Crippen LogP contribution in [-0.2, 0) is 14.8 Å². The molecule has 0 aliphatic carbocycles. The Kier molecular flexibility index (Phi) is 6.93. The fraction of sp³-hybridized carbons (Fsp3) is 0.200. The predicted molar refractivity (Wildman–Crippen MR) is 128 cm³/mol. The van der Waals surface area contributed by atoms with Crippen LogP contribution in [-0.4, -0.2) is 37.5 Å². The number of piperidine rings is 1. The number of nitrogens with zero attached hydrogens (tertiary/aromatic N) is 1. The van der Waals surface area contributed by atoms with Crippen molar-refractivity contribution in [3.8, 4) is 0 Å². The van der Waals surface area contributed by atoms with Gasteiger partial charge in [-0.3, -0.25) is 9.59 Å². The molecule has 170 valence electrons. The fourth-order valence-electron chi connectivity index (χ4n) is 3.90. The largest absolute Gasteiger partial charge is 0.325 e. The summed E-state index contributed by atoms with van der Waals surface area (Å²) in [6, 6.07) is 21.7. The highest BCUT2D eigenvalue weighted by atomic mass is 35.5. The lowest BCUT2D eigenvalue weighted by Crippen LogP contribution is -2.43. The van der Waals surface area contributed by atoms with Crippen LogP contribution in [0.25, 0.3) is 0 Å². The average Bonchev–Trinajstić information content (AvgIpc) is 2.85. The van der Waals surface area contributed by atoms with Crippen molar-refractivity contribution in [3.63, 3.8) is 0 Å². The van der Waals surface area contributed by atoms with Crippen LogP contribution in [0.1, 0.15) is 28.8 Å². The van der Waals surface area contributed by atoms with E-state index in [0.29, 0.717) is 41.2 Å². The van der Waals surface area contributed by atoms with E-state index in [0.717, 1.165) is 0 Å². The number of hydrogen-bond donors (Lipinski definition) is 1. The molecule has 8 heteroatoms. The third-order valence-corrected chi connectivity index (χ3v) is 7.80.